The number of carbonyl (C=O) groups excluding carboxylic acids is 2. The lowest BCUT2D eigenvalue weighted by atomic mass is 10.00. The van der Waals surface area contributed by atoms with Crippen LogP contribution in [0.25, 0.3) is 11.1 Å². The molecule has 0 aliphatic carbocycles. The second-order valence-electron chi connectivity index (χ2n) is 6.79. The van der Waals surface area contributed by atoms with Crippen molar-refractivity contribution in [2.45, 2.75) is 39.5 Å². The lowest BCUT2D eigenvalue weighted by Crippen LogP contribution is -2.11. The molecule has 0 aromatic heterocycles. The monoisotopic (exact) mass is 414 g/mol. The average molecular weight is 414 g/mol. The smallest absolute Gasteiger partial charge is 0.302 e. The quantitative estimate of drug-likeness (QED) is 0.256. The number of hydrogen-bond donors (Lipinski definition) is 0. The van der Waals surface area contributed by atoms with Crippen LogP contribution in [0.2, 0.25) is 0 Å². The van der Waals surface area contributed by atoms with Gasteiger partial charge in [-0.1, -0.05) is 50.1 Å². The molecule has 0 atom stereocenters. The number of benzene rings is 2. The third-order valence-electron chi connectivity index (χ3n) is 4.47. The van der Waals surface area contributed by atoms with Gasteiger partial charge in [-0.05, 0) is 36.1 Å². The fourth-order valence-corrected chi connectivity index (χ4v) is 3.04. The number of ether oxygens (including phenoxy) is 4. The van der Waals surface area contributed by atoms with E-state index in [4.69, 9.17) is 18.9 Å². The molecule has 6 heteroatoms. The van der Waals surface area contributed by atoms with E-state index in [9.17, 15) is 9.59 Å². The van der Waals surface area contributed by atoms with Crippen LogP contribution in [0.5, 0.6) is 11.5 Å². The van der Waals surface area contributed by atoms with E-state index in [-0.39, 0.29) is 32.4 Å². The van der Waals surface area contributed by atoms with Gasteiger partial charge in [0.1, 0.15) is 37.9 Å². The molecule has 0 amide bonds. The summed E-state index contributed by atoms with van der Waals surface area (Å²) in [4.78, 5) is 21.3. The molecule has 2 aromatic rings. The molecule has 2 aromatic carbocycles. The third-order valence-corrected chi connectivity index (χ3v) is 4.47. The zero-order valence-corrected chi connectivity index (χ0v) is 17.7. The molecule has 0 unspecified atom stereocenters. The van der Waals surface area contributed by atoms with Gasteiger partial charge in [-0.25, -0.2) is 0 Å². The zero-order chi connectivity index (χ0) is 21.6. The van der Waals surface area contributed by atoms with E-state index in [0.717, 1.165) is 17.5 Å². The molecule has 0 N–H and O–H groups in total. The van der Waals surface area contributed by atoms with Crippen molar-refractivity contribution in [3.8, 4) is 22.6 Å². The average Bonchev–Trinajstić information content (AvgIpc) is 2.75. The molecular formula is C24H30O6. The van der Waals surface area contributed by atoms with Crippen LogP contribution < -0.4 is 9.47 Å². The van der Waals surface area contributed by atoms with Crippen LogP contribution in [0.3, 0.4) is 0 Å². The molecule has 0 spiro atoms. The topological polar surface area (TPSA) is 71.1 Å². The first kappa shape index (κ1) is 23.3. The standard InChI is InChI=1S/C24H30O6/c1-3-4-5-7-20-10-12-21(13-11-20)24-22(29-15-14-27-18-25)8-6-9-23(24)30-17-16-28-19(2)26/h6,8-13,18H,3-5,7,14-17H2,1-2H3. The maximum Gasteiger partial charge on any atom is 0.302 e. The molecule has 0 heterocycles. The summed E-state index contributed by atoms with van der Waals surface area (Å²) in [6.45, 7) is 4.76. The van der Waals surface area contributed by atoms with Gasteiger partial charge in [0.25, 0.3) is 6.47 Å². The Morgan fingerprint density at radius 2 is 1.57 bits per heavy atom. The van der Waals surface area contributed by atoms with Crippen molar-refractivity contribution >= 4 is 12.4 Å². The molecule has 2 rings (SSSR count). The highest BCUT2D eigenvalue weighted by Crippen LogP contribution is 2.38. The summed E-state index contributed by atoms with van der Waals surface area (Å²) >= 11 is 0. The van der Waals surface area contributed by atoms with Gasteiger partial charge in [0.2, 0.25) is 0 Å². The largest absolute Gasteiger partial charge is 0.489 e. The summed E-state index contributed by atoms with van der Waals surface area (Å²) < 4.78 is 21.4. The fourth-order valence-electron chi connectivity index (χ4n) is 3.04. The maximum atomic E-state index is 11.0. The summed E-state index contributed by atoms with van der Waals surface area (Å²) in [6.07, 6.45) is 4.66. The normalized spacial score (nSPS) is 10.3. The van der Waals surface area contributed by atoms with Gasteiger partial charge in [-0.15, -0.1) is 0 Å². The minimum Gasteiger partial charge on any atom is -0.489 e. The predicted octanol–water partition coefficient (Wildman–Crippen LogP) is 4.58. The Bertz CT molecular complexity index is 785. The van der Waals surface area contributed by atoms with Crippen molar-refractivity contribution in [3.05, 3.63) is 48.0 Å². The van der Waals surface area contributed by atoms with Gasteiger partial charge in [0.05, 0.1) is 5.56 Å². The van der Waals surface area contributed by atoms with Gasteiger partial charge in [-0.3, -0.25) is 9.59 Å². The Morgan fingerprint density at radius 3 is 2.17 bits per heavy atom. The first-order valence-electron chi connectivity index (χ1n) is 10.3. The first-order valence-corrected chi connectivity index (χ1v) is 10.3. The van der Waals surface area contributed by atoms with E-state index in [0.29, 0.717) is 18.0 Å². The van der Waals surface area contributed by atoms with Crippen molar-refractivity contribution in [1.82, 2.24) is 0 Å². The van der Waals surface area contributed by atoms with Crippen LogP contribution in [0.15, 0.2) is 42.5 Å². The lowest BCUT2D eigenvalue weighted by Gasteiger charge is -2.17. The van der Waals surface area contributed by atoms with E-state index in [1.807, 2.05) is 18.2 Å². The van der Waals surface area contributed by atoms with Crippen molar-refractivity contribution in [2.75, 3.05) is 26.4 Å². The van der Waals surface area contributed by atoms with Crippen LogP contribution >= 0.6 is 0 Å². The highest BCUT2D eigenvalue weighted by Gasteiger charge is 2.14. The molecule has 6 nitrogen and oxygen atoms in total. The van der Waals surface area contributed by atoms with Crippen molar-refractivity contribution < 1.29 is 28.5 Å². The summed E-state index contributed by atoms with van der Waals surface area (Å²) in [5.41, 5.74) is 3.07. The van der Waals surface area contributed by atoms with Gasteiger partial charge >= 0.3 is 5.97 Å². The Kier molecular flexibility index (Phi) is 10.3. The van der Waals surface area contributed by atoms with E-state index in [1.54, 1.807) is 0 Å². The molecule has 0 fully saturated rings. The Morgan fingerprint density at radius 1 is 0.900 bits per heavy atom. The van der Waals surface area contributed by atoms with Crippen molar-refractivity contribution in [1.29, 1.82) is 0 Å². The van der Waals surface area contributed by atoms with Gasteiger partial charge in [0.15, 0.2) is 0 Å². The van der Waals surface area contributed by atoms with Crippen LogP contribution in [-0.2, 0) is 25.5 Å². The van der Waals surface area contributed by atoms with Gasteiger partial charge in [0, 0.05) is 6.92 Å². The fraction of sp³-hybridized carbons (Fsp3) is 0.417. The summed E-state index contributed by atoms with van der Waals surface area (Å²) in [5, 5.41) is 0. The van der Waals surface area contributed by atoms with E-state index >= 15 is 0 Å². The van der Waals surface area contributed by atoms with E-state index in [1.165, 1.54) is 31.7 Å². The highest BCUT2D eigenvalue weighted by atomic mass is 16.6. The number of rotatable bonds is 14. The van der Waals surface area contributed by atoms with Crippen LogP contribution in [0.1, 0.15) is 38.7 Å². The molecule has 0 radical (unpaired) electrons. The summed E-state index contributed by atoms with van der Waals surface area (Å²) in [6, 6.07) is 13.9. The lowest BCUT2D eigenvalue weighted by molar-refractivity contribution is -0.141. The number of esters is 1. The molecule has 0 saturated carbocycles. The molecule has 0 bridgehead atoms. The van der Waals surface area contributed by atoms with E-state index in [2.05, 4.69) is 31.2 Å². The zero-order valence-electron chi connectivity index (χ0n) is 17.7. The van der Waals surface area contributed by atoms with Crippen molar-refractivity contribution in [3.63, 3.8) is 0 Å². The molecule has 30 heavy (non-hydrogen) atoms. The van der Waals surface area contributed by atoms with Crippen LogP contribution in [-0.4, -0.2) is 38.9 Å². The van der Waals surface area contributed by atoms with Crippen molar-refractivity contribution in [2.24, 2.45) is 0 Å². The minimum absolute atomic E-state index is 0.164. The molecule has 162 valence electrons. The SMILES string of the molecule is CCCCCc1ccc(-c2c(OCCOC=O)cccc2OCCOC(C)=O)cc1. The molecule has 0 saturated heterocycles. The van der Waals surface area contributed by atoms with Crippen LogP contribution in [0.4, 0.5) is 0 Å². The number of unbranched alkanes of at least 4 members (excludes halogenated alkanes) is 2. The third kappa shape index (κ3) is 7.78. The molecular weight excluding hydrogens is 384 g/mol. The van der Waals surface area contributed by atoms with Gasteiger partial charge in [-0.2, -0.15) is 0 Å². The molecule has 0 aliphatic heterocycles. The second-order valence-corrected chi connectivity index (χ2v) is 6.79. The van der Waals surface area contributed by atoms with Crippen LogP contribution in [0, 0.1) is 0 Å². The Hall–Kier alpha value is -3.02. The summed E-state index contributed by atoms with van der Waals surface area (Å²) in [7, 11) is 0. The predicted molar refractivity (Wildman–Crippen MR) is 115 cm³/mol. The molecule has 0 aliphatic rings. The Balaban J connectivity index is 2.20. The van der Waals surface area contributed by atoms with E-state index < -0.39 is 0 Å². The van der Waals surface area contributed by atoms with Gasteiger partial charge < -0.3 is 18.9 Å². The minimum atomic E-state index is -0.343. The first-order chi connectivity index (χ1) is 14.7. The second kappa shape index (κ2) is 13.2. The highest BCUT2D eigenvalue weighted by molar-refractivity contribution is 5.77. The number of carbonyl (C=O) groups is 2. The maximum absolute atomic E-state index is 11.0. The number of hydrogen-bond acceptors (Lipinski definition) is 6. The number of aryl methyl sites for hydroxylation is 1. The summed E-state index contributed by atoms with van der Waals surface area (Å²) in [5.74, 6) is 0.924. The Labute approximate surface area is 178 Å².